The van der Waals surface area contributed by atoms with Gasteiger partial charge in [0.05, 0.1) is 25.0 Å². The molecule has 0 atom stereocenters. The number of hydrogen-bond acceptors (Lipinski definition) is 10. The van der Waals surface area contributed by atoms with Gasteiger partial charge >= 0.3 is 17.1 Å². The first-order valence-electron chi connectivity index (χ1n) is 9.74. The van der Waals surface area contributed by atoms with Crippen LogP contribution in [0.15, 0.2) is 115 Å². The van der Waals surface area contributed by atoms with E-state index in [1.165, 1.54) is 49.2 Å². The molecule has 0 saturated heterocycles. The Hall–Kier alpha value is -4.68. The van der Waals surface area contributed by atoms with Crippen molar-refractivity contribution in [3.8, 4) is 11.5 Å². The molecule has 0 unspecified atom stereocenters. The number of furan rings is 2. The molecule has 2 heterocycles. The molecule has 6 N–H and O–H groups in total. The second kappa shape index (κ2) is 16.9. The SMILES string of the molecule is O.O.[Cu+2].[O-]/C(=N\N=C\c1ccco1)c1ccccc1O.[O-]/C(=N\N=Cc1ccco1)c1ccccc1O. The van der Waals surface area contributed by atoms with Crippen molar-refractivity contribution in [1.29, 1.82) is 0 Å². The number of nitrogens with zero attached hydrogens (tertiary/aromatic N) is 4. The molecule has 0 fully saturated rings. The molecule has 13 heteroatoms. The molecule has 2 aromatic heterocycles. The van der Waals surface area contributed by atoms with Gasteiger partial charge in [0.15, 0.2) is 0 Å². The minimum atomic E-state index is -0.606. The molecule has 0 amide bonds. The van der Waals surface area contributed by atoms with E-state index in [-0.39, 0.29) is 50.6 Å². The van der Waals surface area contributed by atoms with E-state index in [9.17, 15) is 20.4 Å². The van der Waals surface area contributed by atoms with Gasteiger partial charge in [-0.3, -0.25) is 0 Å². The van der Waals surface area contributed by atoms with Crippen LogP contribution in [-0.4, -0.2) is 45.4 Å². The maximum absolute atomic E-state index is 11.5. The zero-order chi connectivity index (χ0) is 24.2. The fraction of sp³-hybridized carbons (Fsp3) is 0. The van der Waals surface area contributed by atoms with Gasteiger partial charge in [-0.2, -0.15) is 20.4 Å². The number of phenols is 2. The molecular formula is C24H22CuN4O8. The summed E-state index contributed by atoms with van der Waals surface area (Å²) < 4.78 is 9.95. The Morgan fingerprint density at radius 1 is 0.622 bits per heavy atom. The summed E-state index contributed by atoms with van der Waals surface area (Å²) in [6.45, 7) is 0. The van der Waals surface area contributed by atoms with E-state index < -0.39 is 11.8 Å². The fourth-order valence-electron chi connectivity index (χ4n) is 2.42. The summed E-state index contributed by atoms with van der Waals surface area (Å²) in [5.41, 5.74) is 0.230. The van der Waals surface area contributed by atoms with E-state index in [0.717, 1.165) is 0 Å². The van der Waals surface area contributed by atoms with Gasteiger partial charge in [-0.1, -0.05) is 36.4 Å². The summed E-state index contributed by atoms with van der Waals surface area (Å²) in [4.78, 5) is 0. The van der Waals surface area contributed by atoms with Crippen molar-refractivity contribution in [1.82, 2.24) is 0 Å². The van der Waals surface area contributed by atoms with Crippen molar-refractivity contribution in [2.45, 2.75) is 0 Å². The first-order valence-corrected chi connectivity index (χ1v) is 9.74. The molecule has 0 aliphatic carbocycles. The van der Waals surface area contributed by atoms with Crippen LogP contribution >= 0.6 is 0 Å². The van der Waals surface area contributed by atoms with Gasteiger partial charge in [0.2, 0.25) is 0 Å². The fourth-order valence-corrected chi connectivity index (χ4v) is 2.42. The van der Waals surface area contributed by atoms with Crippen molar-refractivity contribution < 1.29 is 57.3 Å². The normalized spacial score (nSPS) is 11.1. The molecule has 4 aromatic rings. The Kier molecular flexibility index (Phi) is 14.7. The monoisotopic (exact) mass is 557 g/mol. The van der Waals surface area contributed by atoms with E-state index in [0.29, 0.717) is 11.5 Å². The average Bonchev–Trinajstić information content (AvgIpc) is 3.55. The average molecular weight is 558 g/mol. The smallest absolute Gasteiger partial charge is 0.857 e. The second-order valence-corrected chi connectivity index (χ2v) is 6.36. The predicted octanol–water partition coefficient (Wildman–Crippen LogP) is 0.600. The van der Waals surface area contributed by atoms with Crippen molar-refractivity contribution in [2.75, 3.05) is 0 Å². The van der Waals surface area contributed by atoms with Crippen molar-refractivity contribution in [2.24, 2.45) is 20.4 Å². The predicted molar refractivity (Wildman–Crippen MR) is 129 cm³/mol. The third-order valence-electron chi connectivity index (χ3n) is 4.02. The number of phenolic OH excluding ortho intramolecular Hbond substituents is 2. The first kappa shape index (κ1) is 32.3. The summed E-state index contributed by atoms with van der Waals surface area (Å²) in [6, 6.07) is 19.1. The summed E-state index contributed by atoms with van der Waals surface area (Å²) >= 11 is 0. The number of benzene rings is 2. The summed E-state index contributed by atoms with van der Waals surface area (Å²) in [7, 11) is 0. The molecule has 4 rings (SSSR count). The Bertz CT molecular complexity index is 1200. The standard InChI is InChI=1S/2C12H10N2O3.Cu.2H2O/c2*15-11-6-2-1-5-10(11)12(16)14-13-8-9-4-3-7-17-9;;;/h2*1-8,15H,(H,14,16);;2*1H2/q;;+2;;/p-2/b13-8+;;;;. The van der Waals surface area contributed by atoms with Gasteiger partial charge in [-0.05, 0) is 36.4 Å². The Labute approximate surface area is 221 Å². The van der Waals surface area contributed by atoms with Crippen LogP contribution in [0, 0.1) is 0 Å². The van der Waals surface area contributed by atoms with Gasteiger partial charge in [0, 0.05) is 22.9 Å². The molecule has 0 saturated carbocycles. The number of aromatic hydroxyl groups is 2. The number of rotatable bonds is 6. The minimum Gasteiger partial charge on any atom is -0.857 e. The summed E-state index contributed by atoms with van der Waals surface area (Å²) in [5.74, 6) is -0.446. The molecule has 0 spiro atoms. The second-order valence-electron chi connectivity index (χ2n) is 6.36. The summed E-state index contributed by atoms with van der Waals surface area (Å²) in [5, 5.41) is 55.9. The van der Waals surface area contributed by atoms with E-state index >= 15 is 0 Å². The molecule has 12 nitrogen and oxygen atoms in total. The van der Waals surface area contributed by atoms with Crippen molar-refractivity contribution in [3.05, 3.63) is 108 Å². The Morgan fingerprint density at radius 3 is 1.32 bits per heavy atom. The van der Waals surface area contributed by atoms with Gasteiger partial charge in [-0.15, -0.1) is 0 Å². The third kappa shape index (κ3) is 10.2. The van der Waals surface area contributed by atoms with Crippen LogP contribution in [0.2, 0.25) is 0 Å². The Balaban J connectivity index is 0.000000648. The summed E-state index contributed by atoms with van der Waals surface area (Å²) in [6.07, 6.45) is 5.62. The first-order chi connectivity index (χ1) is 16.5. The minimum absolute atomic E-state index is 0. The Morgan fingerprint density at radius 2 is 1.00 bits per heavy atom. The molecule has 1 radical (unpaired) electrons. The molecule has 0 aliphatic rings. The quantitative estimate of drug-likeness (QED) is 0.149. The molecule has 197 valence electrons. The van der Waals surface area contributed by atoms with Crippen LogP contribution < -0.4 is 10.2 Å². The zero-order valence-electron chi connectivity index (χ0n) is 18.9. The van der Waals surface area contributed by atoms with Crippen molar-refractivity contribution >= 4 is 24.2 Å². The van der Waals surface area contributed by atoms with E-state index in [2.05, 4.69) is 20.4 Å². The van der Waals surface area contributed by atoms with E-state index in [1.807, 2.05) is 0 Å². The number of hydrogen-bond donors (Lipinski definition) is 2. The van der Waals surface area contributed by atoms with Crippen LogP contribution in [0.1, 0.15) is 22.6 Å². The topological polar surface area (TPSA) is 225 Å². The number of para-hydroxylation sites is 2. The molecule has 0 aliphatic heterocycles. The van der Waals surface area contributed by atoms with Crippen LogP contribution in [0.5, 0.6) is 11.5 Å². The van der Waals surface area contributed by atoms with Crippen LogP contribution in [0.3, 0.4) is 0 Å². The largest absolute Gasteiger partial charge is 2.00 e. The third-order valence-corrected chi connectivity index (χ3v) is 4.02. The molecule has 2 aromatic carbocycles. The van der Waals surface area contributed by atoms with E-state index in [1.54, 1.807) is 48.5 Å². The van der Waals surface area contributed by atoms with Gasteiger partial charge in [0.25, 0.3) is 0 Å². The molecule has 37 heavy (non-hydrogen) atoms. The zero-order valence-corrected chi connectivity index (χ0v) is 19.8. The molecule has 0 bridgehead atoms. The van der Waals surface area contributed by atoms with Crippen LogP contribution in [0.4, 0.5) is 0 Å². The van der Waals surface area contributed by atoms with Crippen LogP contribution in [-0.2, 0) is 17.1 Å². The molecular weight excluding hydrogens is 536 g/mol. The van der Waals surface area contributed by atoms with Gasteiger partial charge in [-0.25, -0.2) is 0 Å². The van der Waals surface area contributed by atoms with Gasteiger partial charge in [0.1, 0.15) is 23.0 Å². The van der Waals surface area contributed by atoms with Gasteiger partial charge < -0.3 is 40.2 Å². The van der Waals surface area contributed by atoms with Crippen molar-refractivity contribution in [3.63, 3.8) is 0 Å². The van der Waals surface area contributed by atoms with E-state index in [4.69, 9.17) is 8.83 Å². The maximum atomic E-state index is 11.5. The maximum Gasteiger partial charge on any atom is 2.00 e. The van der Waals surface area contributed by atoms with Crippen LogP contribution in [0.25, 0.3) is 0 Å².